The van der Waals surface area contributed by atoms with Crippen LogP contribution in [0.3, 0.4) is 0 Å². The lowest BCUT2D eigenvalue weighted by molar-refractivity contribution is -0.138. The molecule has 0 unspecified atom stereocenters. The number of carboxylic acid groups (broad SMARTS) is 1. The number of pyridine rings is 1. The lowest BCUT2D eigenvalue weighted by Gasteiger charge is -2.36. The van der Waals surface area contributed by atoms with Gasteiger partial charge in [0.05, 0.1) is 6.54 Å². The van der Waals surface area contributed by atoms with E-state index in [1.54, 1.807) is 9.80 Å². The summed E-state index contributed by atoms with van der Waals surface area (Å²) in [6.07, 6.45) is 2.96. The molecule has 0 aliphatic carbocycles. The highest BCUT2D eigenvalue weighted by molar-refractivity contribution is 5.91. The molecule has 0 bridgehead atoms. The number of nitrogens with one attached hydrogen (secondary N) is 1. The number of carbonyl (C=O) groups excluding carboxylic acids is 1. The first-order valence-corrected chi connectivity index (χ1v) is 9.33. The maximum atomic E-state index is 13.0. The highest BCUT2D eigenvalue weighted by Crippen LogP contribution is 2.24. The molecule has 0 atom stereocenters. The predicted octanol–water partition coefficient (Wildman–Crippen LogP) is 1.48. The van der Waals surface area contributed by atoms with Gasteiger partial charge in [0.25, 0.3) is 0 Å². The molecule has 2 aliphatic rings. The van der Waals surface area contributed by atoms with Crippen LogP contribution in [0.2, 0.25) is 0 Å². The Morgan fingerprint density at radius 2 is 2.04 bits per heavy atom. The normalized spacial score (nSPS) is 17.3. The zero-order chi connectivity index (χ0) is 18.5. The molecule has 2 amide bonds. The molecule has 8 nitrogen and oxygen atoms in total. The number of urea groups is 1. The predicted molar refractivity (Wildman–Crippen MR) is 99.7 cm³/mol. The van der Waals surface area contributed by atoms with Gasteiger partial charge in [-0.15, -0.1) is 0 Å². The van der Waals surface area contributed by atoms with Crippen molar-refractivity contribution in [3.05, 3.63) is 17.7 Å². The number of aliphatic carboxylic acids is 1. The first-order chi connectivity index (χ1) is 12.6. The SMILES string of the molecule is CCCN(C(=O)N1CCN(CC(=O)O)CC1)c1ccc2c(n1)NCCC2. The molecular weight excluding hydrogens is 334 g/mol. The molecule has 2 aliphatic heterocycles. The van der Waals surface area contributed by atoms with Crippen molar-refractivity contribution in [1.29, 1.82) is 0 Å². The van der Waals surface area contributed by atoms with Crippen molar-refractivity contribution in [3.63, 3.8) is 0 Å². The zero-order valence-electron chi connectivity index (χ0n) is 15.3. The summed E-state index contributed by atoms with van der Waals surface area (Å²) in [5.74, 6) is 0.732. The van der Waals surface area contributed by atoms with Gasteiger partial charge in [-0.25, -0.2) is 9.78 Å². The van der Waals surface area contributed by atoms with Crippen LogP contribution in [0, 0.1) is 0 Å². The van der Waals surface area contributed by atoms with Crippen molar-refractivity contribution >= 4 is 23.6 Å². The number of carboxylic acids is 1. The average Bonchev–Trinajstić information content (AvgIpc) is 2.65. The van der Waals surface area contributed by atoms with Crippen LogP contribution < -0.4 is 10.2 Å². The van der Waals surface area contributed by atoms with Gasteiger partial charge in [-0.05, 0) is 30.9 Å². The third-order valence-corrected chi connectivity index (χ3v) is 4.84. The largest absolute Gasteiger partial charge is 0.480 e. The van der Waals surface area contributed by atoms with Crippen LogP contribution in [0.15, 0.2) is 12.1 Å². The van der Waals surface area contributed by atoms with Gasteiger partial charge in [-0.3, -0.25) is 14.6 Å². The molecule has 26 heavy (non-hydrogen) atoms. The van der Waals surface area contributed by atoms with Crippen molar-refractivity contribution in [2.45, 2.75) is 26.2 Å². The number of fused-ring (bicyclic) bond motifs is 1. The number of anilines is 2. The number of aromatic nitrogens is 1. The second kappa shape index (κ2) is 8.35. The summed E-state index contributed by atoms with van der Waals surface area (Å²) in [6.45, 7) is 5.83. The average molecular weight is 361 g/mol. The van der Waals surface area contributed by atoms with E-state index in [-0.39, 0.29) is 12.6 Å². The second-order valence-electron chi connectivity index (χ2n) is 6.80. The third kappa shape index (κ3) is 4.24. The molecule has 0 spiro atoms. The smallest absolute Gasteiger partial charge is 0.325 e. The number of nitrogens with zero attached hydrogens (tertiary/aromatic N) is 4. The number of carbonyl (C=O) groups is 2. The molecule has 1 aromatic heterocycles. The standard InChI is InChI=1S/C18H27N5O3/c1-2-8-23(15-6-5-14-4-3-7-19-17(14)20-15)18(26)22-11-9-21(10-12-22)13-16(24)25/h5-6H,2-4,7-13H2,1H3,(H,19,20)(H,24,25). The summed E-state index contributed by atoms with van der Waals surface area (Å²) in [6, 6.07) is 3.94. The molecule has 1 aromatic rings. The molecule has 0 radical (unpaired) electrons. The number of rotatable bonds is 5. The van der Waals surface area contributed by atoms with Crippen LogP contribution in [0.1, 0.15) is 25.3 Å². The first-order valence-electron chi connectivity index (χ1n) is 9.33. The van der Waals surface area contributed by atoms with E-state index in [9.17, 15) is 9.59 Å². The highest BCUT2D eigenvalue weighted by Gasteiger charge is 2.27. The Bertz CT molecular complexity index is 658. The molecule has 0 aromatic carbocycles. The second-order valence-corrected chi connectivity index (χ2v) is 6.80. The summed E-state index contributed by atoms with van der Waals surface area (Å²) < 4.78 is 0. The number of piperazine rings is 1. The van der Waals surface area contributed by atoms with Crippen LogP contribution in [-0.2, 0) is 11.2 Å². The van der Waals surface area contributed by atoms with Crippen molar-refractivity contribution in [1.82, 2.24) is 14.8 Å². The van der Waals surface area contributed by atoms with Crippen LogP contribution in [-0.4, -0.2) is 77.7 Å². The van der Waals surface area contributed by atoms with Crippen molar-refractivity contribution in [3.8, 4) is 0 Å². The summed E-state index contributed by atoms with van der Waals surface area (Å²) in [4.78, 5) is 34.0. The van der Waals surface area contributed by atoms with Gasteiger partial charge in [-0.1, -0.05) is 13.0 Å². The van der Waals surface area contributed by atoms with Crippen LogP contribution in [0.4, 0.5) is 16.4 Å². The number of hydrogen-bond donors (Lipinski definition) is 2. The van der Waals surface area contributed by atoms with E-state index in [0.29, 0.717) is 38.5 Å². The molecular formula is C18H27N5O3. The summed E-state index contributed by atoms with van der Waals surface area (Å²) in [7, 11) is 0. The quantitative estimate of drug-likeness (QED) is 0.826. The fourth-order valence-electron chi connectivity index (χ4n) is 3.46. The van der Waals surface area contributed by atoms with E-state index < -0.39 is 5.97 Å². The van der Waals surface area contributed by atoms with Gasteiger partial charge in [0.1, 0.15) is 11.6 Å². The molecule has 2 N–H and O–H groups in total. The maximum Gasteiger partial charge on any atom is 0.325 e. The van der Waals surface area contributed by atoms with Gasteiger partial charge in [0.15, 0.2) is 0 Å². The lowest BCUT2D eigenvalue weighted by atomic mass is 10.1. The number of aryl methyl sites for hydroxylation is 1. The minimum Gasteiger partial charge on any atom is -0.480 e. The van der Waals surface area contributed by atoms with Crippen LogP contribution >= 0.6 is 0 Å². The molecule has 3 heterocycles. The fraction of sp³-hybridized carbons (Fsp3) is 0.611. The van der Waals surface area contributed by atoms with Crippen molar-refractivity contribution in [2.75, 3.05) is 56.0 Å². The molecule has 1 saturated heterocycles. The number of hydrogen-bond acceptors (Lipinski definition) is 5. The van der Waals surface area contributed by atoms with E-state index in [1.807, 2.05) is 17.9 Å². The van der Waals surface area contributed by atoms with E-state index in [1.165, 1.54) is 5.56 Å². The molecule has 1 fully saturated rings. The van der Waals surface area contributed by atoms with Crippen LogP contribution in [0.25, 0.3) is 0 Å². The Balaban J connectivity index is 1.69. The molecule has 142 valence electrons. The lowest BCUT2D eigenvalue weighted by Crippen LogP contribution is -2.54. The third-order valence-electron chi connectivity index (χ3n) is 4.84. The van der Waals surface area contributed by atoms with Gasteiger partial charge in [0, 0.05) is 39.3 Å². The van der Waals surface area contributed by atoms with Gasteiger partial charge >= 0.3 is 12.0 Å². The summed E-state index contributed by atoms with van der Waals surface area (Å²) >= 11 is 0. The van der Waals surface area contributed by atoms with E-state index >= 15 is 0 Å². The minimum atomic E-state index is -0.830. The molecule has 3 rings (SSSR count). The Morgan fingerprint density at radius 1 is 1.27 bits per heavy atom. The maximum absolute atomic E-state index is 13.0. The van der Waals surface area contributed by atoms with E-state index in [4.69, 9.17) is 5.11 Å². The summed E-state index contributed by atoms with van der Waals surface area (Å²) in [5.41, 5.74) is 1.20. The van der Waals surface area contributed by atoms with E-state index in [0.717, 1.165) is 31.6 Å². The Kier molecular flexibility index (Phi) is 5.92. The molecule has 0 saturated carbocycles. The Labute approximate surface area is 153 Å². The minimum absolute atomic E-state index is 0.0265. The number of amides is 2. The zero-order valence-corrected chi connectivity index (χ0v) is 15.3. The monoisotopic (exact) mass is 361 g/mol. The van der Waals surface area contributed by atoms with E-state index in [2.05, 4.69) is 16.4 Å². The topological polar surface area (TPSA) is 89.0 Å². The van der Waals surface area contributed by atoms with Crippen molar-refractivity contribution in [2.24, 2.45) is 0 Å². The fourth-order valence-corrected chi connectivity index (χ4v) is 3.46. The Morgan fingerprint density at radius 3 is 2.73 bits per heavy atom. The van der Waals surface area contributed by atoms with Gasteiger partial charge in [0.2, 0.25) is 0 Å². The summed E-state index contributed by atoms with van der Waals surface area (Å²) in [5, 5.41) is 12.2. The molecule has 8 heteroatoms. The van der Waals surface area contributed by atoms with Gasteiger partial charge < -0.3 is 15.3 Å². The van der Waals surface area contributed by atoms with Crippen LogP contribution in [0.5, 0.6) is 0 Å². The highest BCUT2D eigenvalue weighted by atomic mass is 16.4. The van der Waals surface area contributed by atoms with Gasteiger partial charge in [-0.2, -0.15) is 0 Å². The Hall–Kier alpha value is -2.35. The van der Waals surface area contributed by atoms with Crippen molar-refractivity contribution < 1.29 is 14.7 Å². The first kappa shape index (κ1) is 18.4.